The third-order valence-corrected chi connectivity index (χ3v) is 3.49. The number of benzene rings is 1. The first-order valence-corrected chi connectivity index (χ1v) is 7.29. The van der Waals surface area contributed by atoms with Gasteiger partial charge in [-0.3, -0.25) is 4.79 Å². The van der Waals surface area contributed by atoms with Crippen LogP contribution in [-0.4, -0.2) is 35.9 Å². The van der Waals surface area contributed by atoms with E-state index in [0.29, 0.717) is 17.1 Å². The summed E-state index contributed by atoms with van der Waals surface area (Å²) < 4.78 is 0. The molecule has 8 heteroatoms. The first kappa shape index (κ1) is 14.1. The van der Waals surface area contributed by atoms with Crippen LogP contribution in [0.4, 0.5) is 5.69 Å². The fourth-order valence-electron chi connectivity index (χ4n) is 2.39. The number of rotatable bonds is 3. The van der Waals surface area contributed by atoms with Gasteiger partial charge in [0.05, 0.1) is 35.3 Å². The maximum absolute atomic E-state index is 12.4. The lowest BCUT2D eigenvalue weighted by atomic mass is 10.2. The number of nitrogens with zero attached hydrogens (tertiary/aromatic N) is 5. The Morgan fingerprint density at radius 2 is 2.00 bits per heavy atom. The van der Waals surface area contributed by atoms with Crippen molar-refractivity contribution in [2.45, 2.75) is 6.92 Å². The fourth-order valence-corrected chi connectivity index (χ4v) is 2.39. The normalized spacial score (nSPS) is 10.9. The molecule has 0 unspecified atom stereocenters. The van der Waals surface area contributed by atoms with Crippen molar-refractivity contribution in [3.63, 3.8) is 0 Å². The zero-order valence-electron chi connectivity index (χ0n) is 12.8. The molecule has 0 saturated carbocycles. The number of aromatic nitrogens is 6. The van der Waals surface area contributed by atoms with E-state index in [0.717, 1.165) is 16.9 Å². The minimum absolute atomic E-state index is 0.212. The molecule has 4 aromatic rings. The van der Waals surface area contributed by atoms with Gasteiger partial charge in [-0.25, -0.2) is 9.97 Å². The maximum atomic E-state index is 12.4. The molecule has 0 aliphatic rings. The summed E-state index contributed by atoms with van der Waals surface area (Å²) in [6.07, 6.45) is 4.71. The number of imidazole rings is 1. The molecule has 0 saturated heterocycles. The number of pyridine rings is 1. The smallest absolute Gasteiger partial charge is 0.255 e. The van der Waals surface area contributed by atoms with Crippen molar-refractivity contribution in [2.75, 3.05) is 5.32 Å². The average molecular weight is 319 g/mol. The first-order chi connectivity index (χ1) is 11.7. The Morgan fingerprint density at radius 3 is 2.75 bits per heavy atom. The maximum Gasteiger partial charge on any atom is 0.255 e. The van der Waals surface area contributed by atoms with Crippen molar-refractivity contribution in [3.05, 3.63) is 60.3 Å². The number of aromatic amines is 1. The van der Waals surface area contributed by atoms with E-state index >= 15 is 0 Å². The van der Waals surface area contributed by atoms with Gasteiger partial charge in [-0.05, 0) is 37.3 Å². The van der Waals surface area contributed by atoms with Gasteiger partial charge in [0.25, 0.3) is 5.91 Å². The van der Waals surface area contributed by atoms with Crippen molar-refractivity contribution in [1.82, 2.24) is 29.9 Å². The van der Waals surface area contributed by atoms with Gasteiger partial charge in [-0.2, -0.15) is 10.2 Å². The summed E-state index contributed by atoms with van der Waals surface area (Å²) in [4.78, 5) is 25.4. The van der Waals surface area contributed by atoms with Crippen LogP contribution in [0.3, 0.4) is 0 Å². The molecule has 8 nitrogen and oxygen atoms in total. The lowest BCUT2D eigenvalue weighted by molar-refractivity contribution is 0.102. The van der Waals surface area contributed by atoms with Crippen molar-refractivity contribution >= 4 is 22.6 Å². The second kappa shape index (κ2) is 5.58. The molecule has 24 heavy (non-hydrogen) atoms. The molecule has 0 aliphatic heterocycles. The first-order valence-electron chi connectivity index (χ1n) is 7.29. The number of anilines is 1. The van der Waals surface area contributed by atoms with Crippen LogP contribution in [0.15, 0.2) is 48.9 Å². The Bertz CT molecular complexity index is 1000. The largest absolute Gasteiger partial charge is 0.342 e. The molecule has 0 atom stereocenters. The lowest BCUT2D eigenvalue weighted by Crippen LogP contribution is -2.12. The van der Waals surface area contributed by atoms with E-state index in [1.165, 1.54) is 4.80 Å². The van der Waals surface area contributed by atoms with E-state index in [1.54, 1.807) is 42.9 Å². The molecule has 0 spiro atoms. The number of hydrogen-bond donors (Lipinski definition) is 2. The predicted molar refractivity (Wildman–Crippen MR) is 87.9 cm³/mol. The van der Waals surface area contributed by atoms with Crippen molar-refractivity contribution in [2.24, 2.45) is 0 Å². The SMILES string of the molecule is Cc1nc2ccc(C(=O)Nc3ccc(-n4nccn4)nc3)cc2[nH]1. The molecule has 1 amide bonds. The van der Waals surface area contributed by atoms with Gasteiger partial charge in [0, 0.05) is 5.56 Å². The standard InChI is InChI=1S/C16H13N7O/c1-10-20-13-4-2-11(8-14(13)21-10)16(24)22-12-3-5-15(17-9-12)23-18-6-7-19-23/h2-9H,1H3,(H,20,21)(H,22,24). The Kier molecular flexibility index (Phi) is 3.27. The van der Waals surface area contributed by atoms with Gasteiger partial charge in [0.2, 0.25) is 0 Å². The number of hydrogen-bond acceptors (Lipinski definition) is 5. The zero-order chi connectivity index (χ0) is 16.5. The van der Waals surface area contributed by atoms with Gasteiger partial charge in [0.1, 0.15) is 5.82 Å². The van der Waals surface area contributed by atoms with Crippen LogP contribution in [0.1, 0.15) is 16.2 Å². The molecule has 0 bridgehead atoms. The van der Waals surface area contributed by atoms with E-state index in [2.05, 4.69) is 30.5 Å². The number of carbonyl (C=O) groups excluding carboxylic acids is 1. The molecule has 0 radical (unpaired) electrons. The highest BCUT2D eigenvalue weighted by atomic mass is 16.1. The van der Waals surface area contributed by atoms with E-state index in [9.17, 15) is 4.79 Å². The monoisotopic (exact) mass is 319 g/mol. The lowest BCUT2D eigenvalue weighted by Gasteiger charge is -2.06. The van der Waals surface area contributed by atoms with E-state index < -0.39 is 0 Å². The summed E-state index contributed by atoms with van der Waals surface area (Å²) in [5.41, 5.74) is 2.81. The highest BCUT2D eigenvalue weighted by Gasteiger charge is 2.09. The number of amides is 1. The number of nitrogens with one attached hydrogen (secondary N) is 2. The van der Waals surface area contributed by atoms with E-state index in [1.807, 2.05) is 13.0 Å². The molecule has 118 valence electrons. The summed E-state index contributed by atoms with van der Waals surface area (Å²) in [5, 5.41) is 10.8. The van der Waals surface area contributed by atoms with Crippen LogP contribution >= 0.6 is 0 Å². The summed E-state index contributed by atoms with van der Waals surface area (Å²) >= 11 is 0. The van der Waals surface area contributed by atoms with Crippen molar-refractivity contribution in [3.8, 4) is 5.82 Å². The Labute approximate surface area is 136 Å². The number of fused-ring (bicyclic) bond motifs is 1. The molecule has 3 heterocycles. The highest BCUT2D eigenvalue weighted by Crippen LogP contribution is 2.15. The molecule has 4 rings (SSSR count). The topological polar surface area (TPSA) is 101 Å². The average Bonchev–Trinajstić information content (AvgIpc) is 3.23. The number of H-pyrrole nitrogens is 1. The molecule has 0 fully saturated rings. The van der Waals surface area contributed by atoms with E-state index in [4.69, 9.17) is 0 Å². The van der Waals surface area contributed by atoms with E-state index in [-0.39, 0.29) is 5.91 Å². The molecule has 1 aromatic carbocycles. The molecular weight excluding hydrogens is 306 g/mol. The second-order valence-corrected chi connectivity index (χ2v) is 5.23. The molecular formula is C16H13N7O. The van der Waals surface area contributed by atoms with Gasteiger partial charge >= 0.3 is 0 Å². The van der Waals surface area contributed by atoms with Gasteiger partial charge in [-0.1, -0.05) is 0 Å². The zero-order valence-corrected chi connectivity index (χ0v) is 12.8. The summed E-state index contributed by atoms with van der Waals surface area (Å²) in [6, 6.07) is 8.82. The Hall–Kier alpha value is -3.55. The van der Waals surface area contributed by atoms with Crippen molar-refractivity contribution < 1.29 is 4.79 Å². The Balaban J connectivity index is 1.54. The van der Waals surface area contributed by atoms with Crippen LogP contribution < -0.4 is 5.32 Å². The van der Waals surface area contributed by atoms with Gasteiger partial charge in [-0.15, -0.1) is 4.80 Å². The summed E-state index contributed by atoms with van der Waals surface area (Å²) in [5.74, 6) is 1.18. The van der Waals surface area contributed by atoms with Gasteiger partial charge in [0.15, 0.2) is 5.82 Å². The fraction of sp³-hybridized carbons (Fsp3) is 0.0625. The molecule has 2 N–H and O–H groups in total. The second-order valence-electron chi connectivity index (χ2n) is 5.23. The molecule has 3 aromatic heterocycles. The van der Waals surface area contributed by atoms with Crippen LogP contribution in [0, 0.1) is 6.92 Å². The van der Waals surface area contributed by atoms with Crippen molar-refractivity contribution in [1.29, 1.82) is 0 Å². The third kappa shape index (κ3) is 2.60. The minimum atomic E-state index is -0.212. The molecule has 0 aliphatic carbocycles. The minimum Gasteiger partial charge on any atom is -0.342 e. The third-order valence-electron chi connectivity index (χ3n) is 3.49. The van der Waals surface area contributed by atoms with Crippen LogP contribution in [0.5, 0.6) is 0 Å². The summed E-state index contributed by atoms with van der Waals surface area (Å²) in [7, 11) is 0. The Morgan fingerprint density at radius 1 is 1.17 bits per heavy atom. The van der Waals surface area contributed by atoms with Gasteiger partial charge < -0.3 is 10.3 Å². The highest BCUT2D eigenvalue weighted by molar-refractivity contribution is 6.05. The number of aryl methyl sites for hydroxylation is 1. The summed E-state index contributed by atoms with van der Waals surface area (Å²) in [6.45, 7) is 1.88. The van der Waals surface area contributed by atoms with Crippen LogP contribution in [0.2, 0.25) is 0 Å². The van der Waals surface area contributed by atoms with Crippen LogP contribution in [0.25, 0.3) is 16.9 Å². The van der Waals surface area contributed by atoms with Crippen LogP contribution in [-0.2, 0) is 0 Å². The number of carbonyl (C=O) groups is 1. The quantitative estimate of drug-likeness (QED) is 0.602. The predicted octanol–water partition coefficient (Wildman–Crippen LogP) is 2.10.